The maximum Gasteiger partial charge on any atom is 0.250 e. The molecule has 22 heavy (non-hydrogen) atoms. The molecule has 0 atom stereocenters. The normalized spacial score (nSPS) is 10.7. The van der Waals surface area contributed by atoms with Crippen LogP contribution in [0.5, 0.6) is 0 Å². The molecule has 0 spiro atoms. The fraction of sp³-hybridized carbons (Fsp3) is 0. The van der Waals surface area contributed by atoms with E-state index in [2.05, 4.69) is 15.3 Å². The van der Waals surface area contributed by atoms with Gasteiger partial charge in [0.1, 0.15) is 0 Å². The van der Waals surface area contributed by atoms with Gasteiger partial charge in [-0.15, -0.1) is 0 Å². The third-order valence-electron chi connectivity index (χ3n) is 3.13. The zero-order chi connectivity index (χ0) is 15.2. The molecule has 1 heterocycles. The largest absolute Gasteiger partial charge is 0.324 e. The average molecular weight is 289 g/mol. The van der Waals surface area contributed by atoms with E-state index < -0.39 is 0 Å². The molecule has 0 aliphatic carbocycles. The van der Waals surface area contributed by atoms with Crippen molar-refractivity contribution >= 4 is 17.9 Å². The van der Waals surface area contributed by atoms with E-state index in [4.69, 9.17) is 0 Å². The van der Waals surface area contributed by atoms with Gasteiger partial charge in [0.25, 0.3) is 5.91 Å². The molecule has 3 aromatic rings. The summed E-state index contributed by atoms with van der Waals surface area (Å²) in [7, 11) is 0. The SMILES string of the molecule is O=C(/C=C/c1ccccc1)Nc1ncc(-c2ccccc2)[nH]1. The number of rotatable bonds is 4. The predicted octanol–water partition coefficient (Wildman–Crippen LogP) is 3.73. The minimum Gasteiger partial charge on any atom is -0.324 e. The van der Waals surface area contributed by atoms with Gasteiger partial charge in [-0.3, -0.25) is 10.1 Å². The van der Waals surface area contributed by atoms with Gasteiger partial charge in [0.2, 0.25) is 5.95 Å². The molecule has 0 fully saturated rings. The Labute approximate surface area is 128 Å². The number of nitrogens with one attached hydrogen (secondary N) is 2. The first-order valence-corrected chi connectivity index (χ1v) is 6.96. The summed E-state index contributed by atoms with van der Waals surface area (Å²) in [6, 6.07) is 19.5. The second-order valence-electron chi connectivity index (χ2n) is 4.74. The number of carbonyl (C=O) groups is 1. The minimum atomic E-state index is -0.224. The van der Waals surface area contributed by atoms with Gasteiger partial charge in [-0.05, 0) is 17.2 Å². The van der Waals surface area contributed by atoms with Crippen LogP contribution in [0.4, 0.5) is 5.95 Å². The van der Waals surface area contributed by atoms with Crippen LogP contribution in [0.25, 0.3) is 17.3 Å². The Morgan fingerprint density at radius 1 is 1.00 bits per heavy atom. The van der Waals surface area contributed by atoms with Crippen molar-refractivity contribution in [2.45, 2.75) is 0 Å². The number of benzene rings is 2. The van der Waals surface area contributed by atoms with Crippen molar-refractivity contribution < 1.29 is 4.79 Å². The summed E-state index contributed by atoms with van der Waals surface area (Å²) in [6.07, 6.45) is 4.95. The second kappa shape index (κ2) is 6.54. The van der Waals surface area contributed by atoms with Gasteiger partial charge in [-0.1, -0.05) is 60.7 Å². The van der Waals surface area contributed by atoms with Gasteiger partial charge >= 0.3 is 0 Å². The number of imidazole rings is 1. The zero-order valence-electron chi connectivity index (χ0n) is 11.9. The first-order valence-electron chi connectivity index (χ1n) is 6.96. The van der Waals surface area contributed by atoms with Crippen molar-refractivity contribution in [3.63, 3.8) is 0 Å². The molecule has 0 unspecified atom stereocenters. The molecule has 0 saturated carbocycles. The molecule has 3 rings (SSSR count). The molecule has 0 saturated heterocycles. The molecule has 1 aromatic heterocycles. The molecule has 0 bridgehead atoms. The highest BCUT2D eigenvalue weighted by Gasteiger charge is 2.04. The third-order valence-corrected chi connectivity index (χ3v) is 3.13. The molecule has 2 aromatic carbocycles. The Morgan fingerprint density at radius 2 is 1.68 bits per heavy atom. The van der Waals surface area contributed by atoms with E-state index in [0.29, 0.717) is 5.95 Å². The summed E-state index contributed by atoms with van der Waals surface area (Å²) in [6.45, 7) is 0. The molecule has 1 amide bonds. The molecule has 4 nitrogen and oxygen atoms in total. The highest BCUT2D eigenvalue weighted by Crippen LogP contribution is 2.17. The van der Waals surface area contributed by atoms with Gasteiger partial charge in [0.05, 0.1) is 11.9 Å². The molecule has 4 heteroatoms. The van der Waals surface area contributed by atoms with E-state index in [0.717, 1.165) is 16.8 Å². The topological polar surface area (TPSA) is 57.8 Å². The summed E-state index contributed by atoms with van der Waals surface area (Å²) in [5.41, 5.74) is 2.86. The summed E-state index contributed by atoms with van der Waals surface area (Å²) < 4.78 is 0. The van der Waals surface area contributed by atoms with Crippen molar-refractivity contribution in [1.82, 2.24) is 9.97 Å². The van der Waals surface area contributed by atoms with Crippen LogP contribution in [-0.4, -0.2) is 15.9 Å². The van der Waals surface area contributed by atoms with Crippen molar-refractivity contribution in [2.75, 3.05) is 5.32 Å². The molecular weight excluding hydrogens is 274 g/mol. The Hall–Kier alpha value is -3.14. The predicted molar refractivity (Wildman–Crippen MR) is 88.1 cm³/mol. The fourth-order valence-electron chi connectivity index (χ4n) is 2.04. The summed E-state index contributed by atoms with van der Waals surface area (Å²) in [5.74, 6) is 0.208. The van der Waals surface area contributed by atoms with Gasteiger partial charge in [0, 0.05) is 6.08 Å². The molecule has 0 aliphatic heterocycles. The average Bonchev–Trinajstić information content (AvgIpc) is 3.03. The number of hydrogen-bond acceptors (Lipinski definition) is 2. The molecule has 2 N–H and O–H groups in total. The number of aromatic nitrogens is 2. The number of aromatic amines is 1. The van der Waals surface area contributed by atoms with Gasteiger partial charge in [0.15, 0.2) is 0 Å². The molecule has 0 radical (unpaired) electrons. The molecule has 0 aliphatic rings. The lowest BCUT2D eigenvalue weighted by atomic mass is 10.2. The lowest BCUT2D eigenvalue weighted by Gasteiger charge is -1.98. The van der Waals surface area contributed by atoms with Gasteiger partial charge < -0.3 is 4.98 Å². The van der Waals surface area contributed by atoms with Gasteiger partial charge in [-0.2, -0.15) is 0 Å². The van der Waals surface area contributed by atoms with E-state index >= 15 is 0 Å². The summed E-state index contributed by atoms with van der Waals surface area (Å²) >= 11 is 0. The fourth-order valence-corrected chi connectivity index (χ4v) is 2.04. The van der Waals surface area contributed by atoms with Crippen LogP contribution in [-0.2, 0) is 4.79 Å². The van der Waals surface area contributed by atoms with E-state index in [1.165, 1.54) is 6.08 Å². The van der Waals surface area contributed by atoms with Crippen molar-refractivity contribution in [1.29, 1.82) is 0 Å². The first kappa shape index (κ1) is 13.8. The van der Waals surface area contributed by atoms with E-state index in [1.807, 2.05) is 60.7 Å². The summed E-state index contributed by atoms with van der Waals surface area (Å²) in [4.78, 5) is 19.1. The third kappa shape index (κ3) is 3.49. The van der Waals surface area contributed by atoms with E-state index in [1.54, 1.807) is 12.3 Å². The van der Waals surface area contributed by atoms with E-state index in [9.17, 15) is 4.79 Å². The van der Waals surface area contributed by atoms with Gasteiger partial charge in [-0.25, -0.2) is 4.98 Å². The first-order chi connectivity index (χ1) is 10.8. The Morgan fingerprint density at radius 3 is 2.41 bits per heavy atom. The van der Waals surface area contributed by atoms with Crippen LogP contribution < -0.4 is 5.32 Å². The second-order valence-corrected chi connectivity index (χ2v) is 4.74. The minimum absolute atomic E-state index is 0.224. The number of carbonyl (C=O) groups excluding carboxylic acids is 1. The van der Waals surface area contributed by atoms with Crippen molar-refractivity contribution in [2.24, 2.45) is 0 Å². The Kier molecular flexibility index (Phi) is 4.11. The number of amides is 1. The van der Waals surface area contributed by atoms with E-state index in [-0.39, 0.29) is 5.91 Å². The summed E-state index contributed by atoms with van der Waals surface area (Å²) in [5, 5.41) is 2.71. The van der Waals surface area contributed by atoms with Crippen LogP contribution in [0, 0.1) is 0 Å². The van der Waals surface area contributed by atoms with Crippen LogP contribution in [0.1, 0.15) is 5.56 Å². The highest BCUT2D eigenvalue weighted by atomic mass is 16.1. The number of nitrogens with zero attached hydrogens (tertiary/aromatic N) is 1. The molecule has 108 valence electrons. The smallest absolute Gasteiger partial charge is 0.250 e. The van der Waals surface area contributed by atoms with Crippen LogP contribution in [0.3, 0.4) is 0 Å². The van der Waals surface area contributed by atoms with Crippen LogP contribution in [0.15, 0.2) is 72.9 Å². The monoisotopic (exact) mass is 289 g/mol. The number of hydrogen-bond donors (Lipinski definition) is 2. The Balaban J connectivity index is 1.65. The lowest BCUT2D eigenvalue weighted by Crippen LogP contribution is -2.08. The highest BCUT2D eigenvalue weighted by molar-refractivity contribution is 6.01. The van der Waals surface area contributed by atoms with Crippen LogP contribution >= 0.6 is 0 Å². The Bertz CT molecular complexity index is 776. The zero-order valence-corrected chi connectivity index (χ0v) is 11.9. The maximum absolute atomic E-state index is 11.9. The lowest BCUT2D eigenvalue weighted by molar-refractivity contribution is -0.111. The number of anilines is 1. The standard InChI is InChI=1S/C18H15N3O/c22-17(12-11-14-7-3-1-4-8-14)21-18-19-13-16(20-18)15-9-5-2-6-10-15/h1-13H,(H2,19,20,21,22)/b12-11+. The van der Waals surface area contributed by atoms with Crippen LogP contribution in [0.2, 0.25) is 0 Å². The van der Waals surface area contributed by atoms with Crippen molar-refractivity contribution in [3.05, 3.63) is 78.5 Å². The maximum atomic E-state index is 11.9. The number of H-pyrrole nitrogens is 1. The molecular formula is C18H15N3O. The van der Waals surface area contributed by atoms with Crippen molar-refractivity contribution in [3.8, 4) is 11.3 Å². The quantitative estimate of drug-likeness (QED) is 0.719.